The number of nitrogens with one attached hydrogen (secondary N) is 1. The van der Waals surface area contributed by atoms with Crippen LogP contribution < -0.4 is 10.1 Å². The summed E-state index contributed by atoms with van der Waals surface area (Å²) in [5.41, 5.74) is -0.272. The maximum absolute atomic E-state index is 13.8. The predicted molar refractivity (Wildman–Crippen MR) is 124 cm³/mol. The molecule has 2 aliphatic rings. The number of aromatic nitrogens is 2. The minimum atomic E-state index is -1.17. The fourth-order valence-corrected chi connectivity index (χ4v) is 4.90. The van der Waals surface area contributed by atoms with Crippen molar-refractivity contribution in [1.82, 2.24) is 19.8 Å². The zero-order valence-electron chi connectivity index (χ0n) is 20.0. The van der Waals surface area contributed by atoms with Gasteiger partial charge in [-0.15, -0.1) is 0 Å². The average molecular weight is 469 g/mol. The second-order valence-corrected chi connectivity index (χ2v) is 9.24. The second kappa shape index (κ2) is 9.87. The Labute approximate surface area is 199 Å². The van der Waals surface area contributed by atoms with E-state index < -0.39 is 17.4 Å². The number of carbonyl (C=O) groups is 3. The molecule has 1 saturated carbocycles. The lowest BCUT2D eigenvalue weighted by Gasteiger charge is -2.44. The Bertz CT molecular complexity index is 1070. The van der Waals surface area contributed by atoms with Crippen LogP contribution in [0.15, 0.2) is 30.6 Å². The monoisotopic (exact) mass is 468 g/mol. The highest BCUT2D eigenvalue weighted by molar-refractivity contribution is 6.06. The molecule has 1 aliphatic carbocycles. The smallest absolute Gasteiger partial charge is 0.359 e. The SMILES string of the molecule is COC(=O)c1ncn2c1C(=O)N(Cc1cccc(OC)c1)[C@@](C)(C(=O)NC1CCCCCC1)C2. The van der Waals surface area contributed by atoms with Gasteiger partial charge in [-0.3, -0.25) is 9.59 Å². The van der Waals surface area contributed by atoms with Gasteiger partial charge in [-0.1, -0.05) is 37.8 Å². The fourth-order valence-electron chi connectivity index (χ4n) is 4.90. The maximum atomic E-state index is 13.8. The molecule has 34 heavy (non-hydrogen) atoms. The van der Waals surface area contributed by atoms with Crippen molar-refractivity contribution in [2.45, 2.75) is 70.1 Å². The molecule has 2 heterocycles. The standard InChI is InChI=1S/C25H32N4O5/c1-25(24(32)27-18-10-6-4-5-7-11-18)15-28-16-26-20(23(31)34-3)21(28)22(30)29(25)14-17-9-8-12-19(13-17)33-2/h8-9,12-13,16,18H,4-7,10-11,14-15H2,1-3H3,(H,27,32)/t25-/m1/s1. The van der Waals surface area contributed by atoms with Gasteiger partial charge in [0.25, 0.3) is 5.91 Å². The molecule has 2 amide bonds. The number of carbonyl (C=O) groups excluding carboxylic acids is 3. The van der Waals surface area contributed by atoms with Crippen molar-refractivity contribution in [3.05, 3.63) is 47.5 Å². The molecule has 1 N–H and O–H groups in total. The van der Waals surface area contributed by atoms with E-state index in [1.54, 1.807) is 18.6 Å². The van der Waals surface area contributed by atoms with Crippen molar-refractivity contribution in [1.29, 1.82) is 0 Å². The number of fused-ring (bicyclic) bond motifs is 1. The van der Waals surface area contributed by atoms with Crippen molar-refractivity contribution >= 4 is 17.8 Å². The molecule has 9 nitrogen and oxygen atoms in total. The van der Waals surface area contributed by atoms with Gasteiger partial charge in [-0.05, 0) is 37.5 Å². The Morgan fingerprint density at radius 2 is 1.91 bits per heavy atom. The summed E-state index contributed by atoms with van der Waals surface area (Å²) in [5, 5.41) is 3.22. The zero-order valence-corrected chi connectivity index (χ0v) is 20.0. The normalized spacial score (nSPS) is 20.9. The van der Waals surface area contributed by atoms with E-state index in [1.165, 1.54) is 31.2 Å². The number of ether oxygens (including phenoxy) is 2. The summed E-state index contributed by atoms with van der Waals surface area (Å²) in [7, 11) is 2.83. The first-order valence-electron chi connectivity index (χ1n) is 11.8. The topological polar surface area (TPSA) is 103 Å². The van der Waals surface area contributed by atoms with Crippen LogP contribution >= 0.6 is 0 Å². The van der Waals surface area contributed by atoms with E-state index in [2.05, 4.69) is 10.3 Å². The van der Waals surface area contributed by atoms with Gasteiger partial charge in [-0.2, -0.15) is 0 Å². The molecule has 1 atom stereocenters. The minimum absolute atomic E-state index is 0.0469. The van der Waals surface area contributed by atoms with Crippen LogP contribution in [0.4, 0.5) is 0 Å². The quantitative estimate of drug-likeness (QED) is 0.517. The van der Waals surface area contributed by atoms with E-state index in [-0.39, 0.29) is 36.4 Å². The number of methoxy groups -OCH3 is 2. The number of benzene rings is 1. The van der Waals surface area contributed by atoms with Crippen LogP contribution in [0.1, 0.15) is 72.0 Å². The Kier molecular flexibility index (Phi) is 6.90. The molecular weight excluding hydrogens is 436 g/mol. The van der Waals surface area contributed by atoms with Crippen molar-refractivity contribution in [2.24, 2.45) is 0 Å². The number of nitrogens with zero attached hydrogens (tertiary/aromatic N) is 3. The van der Waals surface area contributed by atoms with Crippen LogP contribution in [0.2, 0.25) is 0 Å². The molecule has 4 rings (SSSR count). The average Bonchev–Trinajstić information content (AvgIpc) is 3.09. The number of esters is 1. The van der Waals surface area contributed by atoms with Crippen LogP contribution in [-0.2, 0) is 22.6 Å². The summed E-state index contributed by atoms with van der Waals surface area (Å²) >= 11 is 0. The van der Waals surface area contributed by atoms with Crippen LogP contribution in [-0.4, -0.2) is 58.0 Å². The summed E-state index contributed by atoms with van der Waals surface area (Å²) in [5.74, 6) is -0.665. The summed E-state index contributed by atoms with van der Waals surface area (Å²) in [4.78, 5) is 45.4. The lowest BCUT2D eigenvalue weighted by molar-refractivity contribution is -0.134. The lowest BCUT2D eigenvalue weighted by atomic mass is 9.92. The molecule has 0 bridgehead atoms. The van der Waals surface area contributed by atoms with Crippen LogP contribution in [0, 0.1) is 0 Å². The number of imidazole rings is 1. The van der Waals surface area contributed by atoms with E-state index in [4.69, 9.17) is 9.47 Å². The Morgan fingerprint density at radius 3 is 2.59 bits per heavy atom. The van der Waals surface area contributed by atoms with E-state index in [0.29, 0.717) is 5.75 Å². The summed E-state index contributed by atoms with van der Waals surface area (Å²) in [6, 6.07) is 7.48. The van der Waals surface area contributed by atoms with Crippen molar-refractivity contribution < 1.29 is 23.9 Å². The third-order valence-electron chi connectivity index (χ3n) is 6.89. The first kappa shape index (κ1) is 23.8. The summed E-state index contributed by atoms with van der Waals surface area (Å²) in [6.45, 7) is 2.13. The van der Waals surface area contributed by atoms with E-state index >= 15 is 0 Å². The zero-order chi connectivity index (χ0) is 24.3. The van der Waals surface area contributed by atoms with Gasteiger partial charge < -0.3 is 24.3 Å². The third-order valence-corrected chi connectivity index (χ3v) is 6.89. The number of rotatable bonds is 6. The van der Waals surface area contributed by atoms with E-state index in [0.717, 1.165) is 31.2 Å². The summed E-state index contributed by atoms with van der Waals surface area (Å²) in [6.07, 6.45) is 7.84. The van der Waals surface area contributed by atoms with Crippen LogP contribution in [0.25, 0.3) is 0 Å². The summed E-state index contributed by atoms with van der Waals surface area (Å²) < 4.78 is 11.7. The minimum Gasteiger partial charge on any atom is -0.497 e. The molecular formula is C25H32N4O5. The fraction of sp³-hybridized carbons (Fsp3) is 0.520. The van der Waals surface area contributed by atoms with Crippen molar-refractivity contribution in [2.75, 3.05) is 14.2 Å². The molecule has 0 spiro atoms. The molecule has 1 aliphatic heterocycles. The molecule has 2 aromatic rings. The lowest BCUT2D eigenvalue weighted by Crippen LogP contribution is -2.64. The molecule has 1 aromatic heterocycles. The van der Waals surface area contributed by atoms with Gasteiger partial charge in [0.15, 0.2) is 5.69 Å². The predicted octanol–water partition coefficient (Wildman–Crippen LogP) is 2.93. The van der Waals surface area contributed by atoms with Gasteiger partial charge >= 0.3 is 5.97 Å². The number of amides is 2. The van der Waals surface area contributed by atoms with Crippen molar-refractivity contribution in [3.63, 3.8) is 0 Å². The Morgan fingerprint density at radius 1 is 1.18 bits per heavy atom. The molecule has 0 saturated heterocycles. The van der Waals surface area contributed by atoms with E-state index in [9.17, 15) is 14.4 Å². The number of hydrogen-bond acceptors (Lipinski definition) is 6. The largest absolute Gasteiger partial charge is 0.497 e. The second-order valence-electron chi connectivity index (χ2n) is 9.24. The molecule has 1 aromatic carbocycles. The first-order chi connectivity index (χ1) is 16.4. The Balaban J connectivity index is 1.70. The highest BCUT2D eigenvalue weighted by Crippen LogP contribution is 2.32. The highest BCUT2D eigenvalue weighted by Gasteiger charge is 2.49. The maximum Gasteiger partial charge on any atom is 0.359 e. The van der Waals surface area contributed by atoms with Gasteiger partial charge in [0.1, 0.15) is 17.0 Å². The van der Waals surface area contributed by atoms with Crippen molar-refractivity contribution in [3.8, 4) is 5.75 Å². The van der Waals surface area contributed by atoms with Crippen LogP contribution in [0.5, 0.6) is 5.75 Å². The molecule has 9 heteroatoms. The van der Waals surface area contributed by atoms with E-state index in [1.807, 2.05) is 24.3 Å². The van der Waals surface area contributed by atoms with Gasteiger partial charge in [0.2, 0.25) is 5.91 Å². The van der Waals surface area contributed by atoms with Gasteiger partial charge in [0.05, 0.1) is 27.1 Å². The van der Waals surface area contributed by atoms with Gasteiger partial charge in [-0.25, -0.2) is 9.78 Å². The van der Waals surface area contributed by atoms with Gasteiger partial charge in [0, 0.05) is 12.6 Å². The highest BCUT2D eigenvalue weighted by atomic mass is 16.5. The molecule has 182 valence electrons. The Hall–Kier alpha value is -3.36. The van der Waals surface area contributed by atoms with Crippen LogP contribution in [0.3, 0.4) is 0 Å². The molecule has 0 unspecified atom stereocenters. The third kappa shape index (κ3) is 4.51. The number of hydrogen-bond donors (Lipinski definition) is 1. The molecule has 1 fully saturated rings. The first-order valence-corrected chi connectivity index (χ1v) is 11.8. The molecule has 0 radical (unpaired) electrons.